The van der Waals surface area contributed by atoms with Crippen molar-refractivity contribution in [1.29, 1.82) is 0 Å². The quantitative estimate of drug-likeness (QED) is 0.644. The van der Waals surface area contributed by atoms with E-state index in [4.69, 9.17) is 0 Å². The molecule has 0 heterocycles. The molecule has 0 saturated heterocycles. The summed E-state index contributed by atoms with van der Waals surface area (Å²) in [6.45, 7) is 0.0886. The van der Waals surface area contributed by atoms with E-state index in [9.17, 15) is 5.11 Å². The van der Waals surface area contributed by atoms with Crippen LogP contribution in [0.15, 0.2) is 54.6 Å². The van der Waals surface area contributed by atoms with Gasteiger partial charge in [0.25, 0.3) is 0 Å². The van der Waals surface area contributed by atoms with Crippen molar-refractivity contribution in [2.24, 2.45) is 0 Å². The lowest BCUT2D eigenvalue weighted by Gasteiger charge is -2.08. The van der Waals surface area contributed by atoms with Crippen LogP contribution in [0.1, 0.15) is 5.56 Å². The molecule has 0 aliphatic carbocycles. The smallest absolute Gasteiger partial charge is 0.0688 e. The monoisotopic (exact) mass is 244 g/mol. The van der Waals surface area contributed by atoms with Crippen molar-refractivity contribution in [3.8, 4) is 0 Å². The molecule has 3 rings (SSSR count). The fourth-order valence-electron chi connectivity index (χ4n) is 2.26. The highest BCUT2D eigenvalue weighted by molar-refractivity contribution is 6.08. The van der Waals surface area contributed by atoms with E-state index < -0.39 is 0 Å². The van der Waals surface area contributed by atoms with Crippen molar-refractivity contribution in [2.45, 2.75) is 6.61 Å². The fourth-order valence-corrected chi connectivity index (χ4v) is 2.26. The van der Waals surface area contributed by atoms with Crippen molar-refractivity contribution < 1.29 is 5.11 Å². The van der Waals surface area contributed by atoms with Crippen LogP contribution in [0, 0.1) is 0 Å². The first-order valence-electron chi connectivity index (χ1n) is 5.40. The summed E-state index contributed by atoms with van der Waals surface area (Å²) in [6.07, 6.45) is 0. The van der Waals surface area contributed by atoms with E-state index >= 15 is 0 Å². The Labute approximate surface area is 106 Å². The van der Waals surface area contributed by atoms with Gasteiger partial charge in [0, 0.05) is 0 Å². The Morgan fingerprint density at radius 2 is 1.35 bits per heavy atom. The van der Waals surface area contributed by atoms with Crippen molar-refractivity contribution in [2.75, 3.05) is 0 Å². The summed E-state index contributed by atoms with van der Waals surface area (Å²) in [6, 6.07) is 18.6. The van der Waals surface area contributed by atoms with E-state index in [1.165, 1.54) is 16.2 Å². The Morgan fingerprint density at radius 3 is 2.06 bits per heavy atom. The van der Waals surface area contributed by atoms with Gasteiger partial charge in [-0.25, -0.2) is 0 Å². The van der Waals surface area contributed by atoms with Crippen molar-refractivity contribution in [1.82, 2.24) is 0 Å². The molecule has 0 amide bonds. The van der Waals surface area contributed by atoms with E-state index in [2.05, 4.69) is 30.3 Å². The summed E-state index contributed by atoms with van der Waals surface area (Å²) >= 11 is 0. The van der Waals surface area contributed by atoms with Gasteiger partial charge in [-0.1, -0.05) is 48.5 Å². The minimum atomic E-state index is 0. The van der Waals surface area contributed by atoms with E-state index in [-0.39, 0.29) is 19.0 Å². The van der Waals surface area contributed by atoms with Gasteiger partial charge in [-0.15, -0.1) is 12.4 Å². The van der Waals surface area contributed by atoms with E-state index in [1.807, 2.05) is 24.3 Å². The molecule has 17 heavy (non-hydrogen) atoms. The van der Waals surface area contributed by atoms with Crippen LogP contribution in [0.3, 0.4) is 0 Å². The first-order valence-corrected chi connectivity index (χ1v) is 5.40. The molecule has 86 valence electrons. The zero-order valence-electron chi connectivity index (χ0n) is 9.26. The van der Waals surface area contributed by atoms with Crippen LogP contribution in [-0.2, 0) is 6.61 Å². The molecule has 1 N–H and O–H groups in total. The number of aliphatic hydroxyl groups excluding tert-OH is 1. The molecule has 0 spiro atoms. The Bertz CT molecular complexity index is 661. The molecule has 0 bridgehead atoms. The van der Waals surface area contributed by atoms with E-state index in [0.717, 1.165) is 10.9 Å². The van der Waals surface area contributed by atoms with Crippen molar-refractivity contribution in [3.63, 3.8) is 0 Å². The fraction of sp³-hybridized carbons (Fsp3) is 0.0667. The lowest BCUT2D eigenvalue weighted by Crippen LogP contribution is -1.87. The second-order valence-corrected chi connectivity index (χ2v) is 3.96. The maximum Gasteiger partial charge on any atom is 0.0688 e. The standard InChI is InChI=1S/C15H12O.ClH/c16-10-12-9-11-5-1-2-6-13(11)15-8-4-3-7-14(12)15;/h1-9,16H,10H2;1H. The minimum absolute atomic E-state index is 0. The molecule has 0 radical (unpaired) electrons. The van der Waals surface area contributed by atoms with Gasteiger partial charge in [0.1, 0.15) is 0 Å². The SMILES string of the molecule is Cl.OCc1cc2ccccc2c2ccccc12. The number of hydrogen-bond acceptors (Lipinski definition) is 1. The molecule has 0 fully saturated rings. The van der Waals surface area contributed by atoms with Gasteiger partial charge in [-0.3, -0.25) is 0 Å². The largest absolute Gasteiger partial charge is 0.392 e. The summed E-state index contributed by atoms with van der Waals surface area (Å²) in [5.41, 5.74) is 0.995. The topological polar surface area (TPSA) is 20.2 Å². The highest BCUT2D eigenvalue weighted by atomic mass is 35.5. The highest BCUT2D eigenvalue weighted by Crippen LogP contribution is 2.28. The average Bonchev–Trinajstić information content (AvgIpc) is 2.38. The molecule has 0 unspecified atom stereocenters. The number of halogens is 1. The predicted octanol–water partition coefficient (Wildman–Crippen LogP) is 3.91. The van der Waals surface area contributed by atoms with Crippen LogP contribution in [0.2, 0.25) is 0 Å². The number of aliphatic hydroxyl groups is 1. The summed E-state index contributed by atoms with van der Waals surface area (Å²) < 4.78 is 0. The van der Waals surface area contributed by atoms with Gasteiger partial charge in [-0.2, -0.15) is 0 Å². The zero-order valence-corrected chi connectivity index (χ0v) is 10.1. The summed E-state index contributed by atoms with van der Waals surface area (Å²) in [5, 5.41) is 14.2. The Morgan fingerprint density at radius 1 is 0.765 bits per heavy atom. The third kappa shape index (κ3) is 1.88. The molecule has 0 aromatic heterocycles. The Balaban J connectivity index is 0.00000108. The summed E-state index contributed by atoms with van der Waals surface area (Å²) in [4.78, 5) is 0. The third-order valence-corrected chi connectivity index (χ3v) is 3.02. The van der Waals surface area contributed by atoms with Gasteiger partial charge >= 0.3 is 0 Å². The van der Waals surface area contributed by atoms with Gasteiger partial charge in [0.05, 0.1) is 6.61 Å². The highest BCUT2D eigenvalue weighted by Gasteiger charge is 2.04. The normalized spacial score (nSPS) is 10.4. The van der Waals surface area contributed by atoms with Crippen LogP contribution < -0.4 is 0 Å². The lowest BCUT2D eigenvalue weighted by atomic mass is 9.98. The molecular formula is C15H13ClO. The third-order valence-electron chi connectivity index (χ3n) is 3.02. The molecule has 3 aromatic rings. The maximum atomic E-state index is 9.40. The zero-order chi connectivity index (χ0) is 11.0. The van der Waals surface area contributed by atoms with Crippen LogP contribution >= 0.6 is 12.4 Å². The lowest BCUT2D eigenvalue weighted by molar-refractivity contribution is 0.283. The summed E-state index contributed by atoms with van der Waals surface area (Å²) in [7, 11) is 0. The van der Waals surface area contributed by atoms with Crippen LogP contribution in [0.5, 0.6) is 0 Å². The van der Waals surface area contributed by atoms with E-state index in [0.29, 0.717) is 0 Å². The van der Waals surface area contributed by atoms with E-state index in [1.54, 1.807) is 0 Å². The molecule has 1 nitrogen and oxygen atoms in total. The second-order valence-electron chi connectivity index (χ2n) is 3.96. The molecule has 0 atom stereocenters. The van der Waals surface area contributed by atoms with Gasteiger partial charge < -0.3 is 5.11 Å². The first-order chi connectivity index (χ1) is 7.90. The molecule has 3 aromatic carbocycles. The van der Waals surface area contributed by atoms with Gasteiger partial charge in [-0.05, 0) is 33.2 Å². The Kier molecular flexibility index (Phi) is 3.32. The van der Waals surface area contributed by atoms with Crippen LogP contribution in [-0.4, -0.2) is 5.11 Å². The predicted molar refractivity (Wildman–Crippen MR) is 74.6 cm³/mol. The van der Waals surface area contributed by atoms with Crippen molar-refractivity contribution in [3.05, 3.63) is 60.2 Å². The number of rotatable bonds is 1. The van der Waals surface area contributed by atoms with Gasteiger partial charge in [0.2, 0.25) is 0 Å². The molecule has 0 saturated carbocycles. The first kappa shape index (κ1) is 11.9. The maximum absolute atomic E-state index is 9.40. The second kappa shape index (κ2) is 4.74. The van der Waals surface area contributed by atoms with Crippen molar-refractivity contribution >= 4 is 34.0 Å². The Hall–Kier alpha value is -1.57. The number of benzene rings is 3. The number of hydrogen-bond donors (Lipinski definition) is 1. The molecule has 0 aliphatic heterocycles. The molecule has 2 heteroatoms. The van der Waals surface area contributed by atoms with Crippen LogP contribution in [0.25, 0.3) is 21.5 Å². The van der Waals surface area contributed by atoms with Crippen LogP contribution in [0.4, 0.5) is 0 Å². The summed E-state index contributed by atoms with van der Waals surface area (Å²) in [5.74, 6) is 0. The average molecular weight is 245 g/mol. The molecule has 0 aliphatic rings. The van der Waals surface area contributed by atoms with Gasteiger partial charge in [0.15, 0.2) is 0 Å². The number of fused-ring (bicyclic) bond motifs is 3. The molecular weight excluding hydrogens is 232 g/mol. The minimum Gasteiger partial charge on any atom is -0.392 e.